The Hall–Kier alpha value is -1.50. The number of carbonyl (C=O) groups is 1. The number of aliphatic hydroxyl groups is 1. The third-order valence-electron chi connectivity index (χ3n) is 6.11. The van der Waals surface area contributed by atoms with Crippen molar-refractivity contribution >= 4 is 5.91 Å². The number of carbonyl (C=O) groups excluding carboxylic acids is 1. The average molecular weight is 375 g/mol. The molecule has 1 aromatic rings. The van der Waals surface area contributed by atoms with E-state index in [2.05, 4.69) is 26.7 Å². The topological polar surface area (TPSA) is 59.9 Å². The second-order valence-corrected chi connectivity index (χ2v) is 7.98. The van der Waals surface area contributed by atoms with E-state index in [1.54, 1.807) is 6.20 Å². The molecule has 6 nitrogen and oxygen atoms in total. The molecule has 0 spiro atoms. The summed E-state index contributed by atoms with van der Waals surface area (Å²) >= 11 is 0. The zero-order valence-electron chi connectivity index (χ0n) is 16.6. The Bertz CT molecular complexity index is 575. The molecule has 0 aliphatic carbocycles. The van der Waals surface area contributed by atoms with Gasteiger partial charge in [0.15, 0.2) is 0 Å². The Morgan fingerprint density at radius 3 is 2.74 bits per heavy atom. The maximum Gasteiger partial charge on any atom is 0.222 e. The zero-order valence-corrected chi connectivity index (χ0v) is 16.6. The van der Waals surface area contributed by atoms with Gasteiger partial charge in [-0.15, -0.1) is 0 Å². The highest BCUT2D eigenvalue weighted by Gasteiger charge is 2.35. The smallest absolute Gasteiger partial charge is 0.222 e. The fourth-order valence-electron chi connectivity index (χ4n) is 4.46. The van der Waals surface area contributed by atoms with Gasteiger partial charge in [0.2, 0.25) is 5.91 Å². The van der Waals surface area contributed by atoms with Crippen molar-refractivity contribution in [2.45, 2.75) is 38.1 Å². The van der Waals surface area contributed by atoms with Gasteiger partial charge in [0.1, 0.15) is 0 Å². The predicted molar refractivity (Wildman–Crippen MR) is 106 cm³/mol. The molecule has 0 radical (unpaired) electrons. The van der Waals surface area contributed by atoms with Gasteiger partial charge in [-0.05, 0) is 50.8 Å². The minimum atomic E-state index is 0.236. The molecule has 27 heavy (non-hydrogen) atoms. The summed E-state index contributed by atoms with van der Waals surface area (Å²) in [6.07, 6.45) is 5.89. The van der Waals surface area contributed by atoms with Gasteiger partial charge in [-0.25, -0.2) is 0 Å². The number of aliphatic hydroxyl groups excluding tert-OH is 1. The van der Waals surface area contributed by atoms with Gasteiger partial charge in [0.05, 0.1) is 0 Å². The van der Waals surface area contributed by atoms with Gasteiger partial charge in [0, 0.05) is 70.2 Å². The number of piperidine rings is 1. The lowest BCUT2D eigenvalue weighted by Crippen LogP contribution is -2.57. The summed E-state index contributed by atoms with van der Waals surface area (Å²) < 4.78 is 0. The molecule has 2 atom stereocenters. The van der Waals surface area contributed by atoms with Crippen LogP contribution < -0.4 is 0 Å². The van der Waals surface area contributed by atoms with E-state index in [-0.39, 0.29) is 12.5 Å². The van der Waals surface area contributed by atoms with Crippen LogP contribution >= 0.6 is 0 Å². The van der Waals surface area contributed by atoms with Gasteiger partial charge in [0.25, 0.3) is 0 Å². The fraction of sp³-hybridized carbons (Fsp3) is 0.714. The monoisotopic (exact) mass is 374 g/mol. The summed E-state index contributed by atoms with van der Waals surface area (Å²) in [5, 5.41) is 9.31. The van der Waals surface area contributed by atoms with Crippen molar-refractivity contribution in [3.05, 3.63) is 30.1 Å². The van der Waals surface area contributed by atoms with Gasteiger partial charge in [-0.1, -0.05) is 6.07 Å². The molecule has 3 heterocycles. The number of hydrogen-bond donors (Lipinski definition) is 1. The first-order valence-corrected chi connectivity index (χ1v) is 10.4. The standard InChI is InChI=1S/C21H34N4O2/c1-23-12-14-24(15-13-23)20-9-11-25(17-18(20)5-4-16-26)21(27)8-7-19-6-2-3-10-22-19/h2-3,6,10,18,20,26H,4-5,7-9,11-17H2,1H3/t18-,20+/m0/s1. The van der Waals surface area contributed by atoms with E-state index in [0.29, 0.717) is 24.8 Å². The first kappa shape index (κ1) is 20.2. The lowest BCUT2D eigenvalue weighted by atomic mass is 9.86. The van der Waals surface area contributed by atoms with Gasteiger partial charge < -0.3 is 14.9 Å². The van der Waals surface area contributed by atoms with Crippen molar-refractivity contribution in [1.82, 2.24) is 19.7 Å². The third kappa shape index (κ3) is 5.74. The Morgan fingerprint density at radius 1 is 1.22 bits per heavy atom. The number of rotatable bonds is 7. The highest BCUT2D eigenvalue weighted by Crippen LogP contribution is 2.27. The van der Waals surface area contributed by atoms with Crippen LogP contribution in [0.5, 0.6) is 0 Å². The number of likely N-dealkylation sites (N-methyl/N-ethyl adjacent to an activating group) is 1. The van der Waals surface area contributed by atoms with Crippen LogP contribution in [0.3, 0.4) is 0 Å². The summed E-state index contributed by atoms with van der Waals surface area (Å²) in [7, 11) is 2.18. The quantitative estimate of drug-likeness (QED) is 0.778. The Kier molecular flexibility index (Phi) is 7.61. The lowest BCUT2D eigenvalue weighted by molar-refractivity contribution is -0.134. The molecule has 150 valence electrons. The number of aromatic nitrogens is 1. The number of aryl methyl sites for hydroxylation is 1. The summed E-state index contributed by atoms with van der Waals surface area (Å²) in [6, 6.07) is 6.40. The van der Waals surface area contributed by atoms with E-state index in [1.807, 2.05) is 18.2 Å². The molecule has 0 unspecified atom stereocenters. The molecule has 1 amide bonds. The highest BCUT2D eigenvalue weighted by molar-refractivity contribution is 5.76. The summed E-state index contributed by atoms with van der Waals surface area (Å²) in [5.41, 5.74) is 0.981. The Balaban J connectivity index is 1.55. The van der Waals surface area contributed by atoms with Crippen LogP contribution in [0, 0.1) is 5.92 Å². The van der Waals surface area contributed by atoms with Crippen LogP contribution in [0.2, 0.25) is 0 Å². The summed E-state index contributed by atoms with van der Waals surface area (Å²) in [6.45, 7) is 6.39. The molecule has 0 saturated carbocycles. The van der Waals surface area contributed by atoms with Crippen molar-refractivity contribution in [3.63, 3.8) is 0 Å². The summed E-state index contributed by atoms with van der Waals surface area (Å²) in [5.74, 6) is 0.708. The largest absolute Gasteiger partial charge is 0.396 e. The summed E-state index contributed by atoms with van der Waals surface area (Å²) in [4.78, 5) is 24.1. The predicted octanol–water partition coefficient (Wildman–Crippen LogP) is 1.25. The van der Waals surface area contributed by atoms with E-state index >= 15 is 0 Å². The molecule has 0 bridgehead atoms. The van der Waals surface area contributed by atoms with Crippen LogP contribution in [0.1, 0.15) is 31.4 Å². The maximum absolute atomic E-state index is 12.7. The zero-order chi connectivity index (χ0) is 19.1. The van der Waals surface area contributed by atoms with Crippen LogP contribution in [0.15, 0.2) is 24.4 Å². The molecule has 2 aliphatic rings. The first-order chi connectivity index (χ1) is 13.2. The number of piperazine rings is 1. The van der Waals surface area contributed by atoms with Crippen molar-refractivity contribution in [2.75, 3.05) is 52.9 Å². The number of nitrogens with zero attached hydrogens (tertiary/aromatic N) is 4. The average Bonchev–Trinajstić information content (AvgIpc) is 2.71. The van der Waals surface area contributed by atoms with Gasteiger partial charge >= 0.3 is 0 Å². The molecule has 3 rings (SSSR count). The number of likely N-dealkylation sites (tertiary alicyclic amines) is 1. The normalized spacial score (nSPS) is 24.9. The van der Waals surface area contributed by atoms with Crippen LogP contribution in [-0.2, 0) is 11.2 Å². The molecular formula is C21H34N4O2. The van der Waals surface area contributed by atoms with Crippen molar-refractivity contribution in [3.8, 4) is 0 Å². The minimum absolute atomic E-state index is 0.236. The lowest BCUT2D eigenvalue weighted by Gasteiger charge is -2.46. The number of hydrogen-bond acceptors (Lipinski definition) is 5. The molecule has 1 N–H and O–H groups in total. The highest BCUT2D eigenvalue weighted by atomic mass is 16.3. The Labute approximate surface area is 163 Å². The molecule has 0 aromatic carbocycles. The van der Waals surface area contributed by atoms with E-state index in [0.717, 1.165) is 64.2 Å². The van der Waals surface area contributed by atoms with Gasteiger partial charge in [-0.3, -0.25) is 14.7 Å². The minimum Gasteiger partial charge on any atom is -0.396 e. The first-order valence-electron chi connectivity index (χ1n) is 10.4. The number of pyridine rings is 1. The fourth-order valence-corrected chi connectivity index (χ4v) is 4.46. The molecular weight excluding hydrogens is 340 g/mol. The van der Waals surface area contributed by atoms with E-state index in [1.165, 1.54) is 0 Å². The van der Waals surface area contributed by atoms with Crippen molar-refractivity contribution < 1.29 is 9.90 Å². The maximum atomic E-state index is 12.7. The SMILES string of the molecule is CN1CCN([C@@H]2CCN(C(=O)CCc3ccccn3)C[C@@H]2CCCO)CC1. The van der Waals surface area contributed by atoms with E-state index in [9.17, 15) is 9.90 Å². The Morgan fingerprint density at radius 2 is 2.04 bits per heavy atom. The van der Waals surface area contributed by atoms with Crippen molar-refractivity contribution in [1.29, 1.82) is 0 Å². The van der Waals surface area contributed by atoms with E-state index in [4.69, 9.17) is 0 Å². The second-order valence-electron chi connectivity index (χ2n) is 7.98. The molecule has 2 aliphatic heterocycles. The second kappa shape index (κ2) is 10.2. The molecule has 2 saturated heterocycles. The molecule has 2 fully saturated rings. The third-order valence-corrected chi connectivity index (χ3v) is 6.11. The van der Waals surface area contributed by atoms with Crippen LogP contribution in [0.4, 0.5) is 0 Å². The molecule has 1 aromatic heterocycles. The van der Waals surface area contributed by atoms with E-state index < -0.39 is 0 Å². The molecule has 6 heteroatoms. The number of amides is 1. The van der Waals surface area contributed by atoms with Crippen LogP contribution in [-0.4, -0.2) is 89.7 Å². The van der Waals surface area contributed by atoms with Crippen LogP contribution in [0.25, 0.3) is 0 Å². The van der Waals surface area contributed by atoms with Gasteiger partial charge in [-0.2, -0.15) is 0 Å². The van der Waals surface area contributed by atoms with Crippen molar-refractivity contribution in [2.24, 2.45) is 5.92 Å².